The summed E-state index contributed by atoms with van der Waals surface area (Å²) >= 11 is 0. The van der Waals surface area contributed by atoms with E-state index in [2.05, 4.69) is 51.5 Å². The lowest BCUT2D eigenvalue weighted by Gasteiger charge is -2.21. The molecule has 0 saturated carbocycles. The van der Waals surface area contributed by atoms with Gasteiger partial charge in [-0.15, -0.1) is 0 Å². The number of ether oxygens (including phenoxy) is 1. The molecule has 6 heteroatoms. The summed E-state index contributed by atoms with van der Waals surface area (Å²) in [6.07, 6.45) is 5.92. The molecule has 0 radical (unpaired) electrons. The summed E-state index contributed by atoms with van der Waals surface area (Å²) in [5.74, 6) is 0.562. The number of rotatable bonds is 5. The smallest absolute Gasteiger partial charge is 0.165 e. The minimum absolute atomic E-state index is 0.209. The van der Waals surface area contributed by atoms with E-state index in [1.807, 2.05) is 18.2 Å². The quantitative estimate of drug-likeness (QED) is 0.369. The topological polar surface area (TPSA) is 86.1 Å². The maximum absolute atomic E-state index is 9.22. The van der Waals surface area contributed by atoms with Gasteiger partial charge in [-0.1, -0.05) is 12.5 Å². The highest BCUT2D eigenvalue weighted by molar-refractivity contribution is 5.91. The Morgan fingerprint density at radius 1 is 1.34 bits per heavy atom. The predicted octanol–water partition coefficient (Wildman–Crippen LogP) is 4.96. The second-order valence-corrected chi connectivity index (χ2v) is 7.18. The third-order valence-corrected chi connectivity index (χ3v) is 5.40. The first-order valence-electron chi connectivity index (χ1n) is 9.71. The van der Waals surface area contributed by atoms with Crippen LogP contribution in [0.5, 0.6) is 0 Å². The monoisotopic (exact) mass is 385 g/mol. The van der Waals surface area contributed by atoms with Crippen molar-refractivity contribution in [3.63, 3.8) is 0 Å². The van der Waals surface area contributed by atoms with Gasteiger partial charge in [-0.05, 0) is 67.4 Å². The van der Waals surface area contributed by atoms with Crippen LogP contribution in [0.4, 0.5) is 5.69 Å². The summed E-state index contributed by atoms with van der Waals surface area (Å²) in [6.45, 7) is 3.50. The van der Waals surface area contributed by atoms with E-state index in [1.54, 1.807) is 13.3 Å². The number of hydrogen-bond acceptors (Lipinski definition) is 5. The Labute approximate surface area is 169 Å². The van der Waals surface area contributed by atoms with E-state index in [0.29, 0.717) is 11.5 Å². The Balaban J connectivity index is 1.69. The molecule has 1 atom stereocenters. The molecule has 0 aliphatic heterocycles. The van der Waals surface area contributed by atoms with Gasteiger partial charge in [-0.25, -0.2) is 0 Å². The number of nitrogens with zero attached hydrogens (tertiary/aromatic N) is 3. The number of hydrogen-bond donors (Lipinski definition) is 2. The summed E-state index contributed by atoms with van der Waals surface area (Å²) in [6, 6.07) is 14.7. The molecule has 0 saturated heterocycles. The van der Waals surface area contributed by atoms with Crippen LogP contribution in [0.3, 0.4) is 0 Å². The van der Waals surface area contributed by atoms with E-state index in [4.69, 9.17) is 4.74 Å². The molecule has 0 bridgehead atoms. The number of anilines is 1. The molecule has 0 amide bonds. The van der Waals surface area contributed by atoms with E-state index < -0.39 is 0 Å². The zero-order chi connectivity index (χ0) is 20.2. The van der Waals surface area contributed by atoms with E-state index in [9.17, 15) is 5.26 Å². The zero-order valence-electron chi connectivity index (χ0n) is 16.4. The first-order chi connectivity index (χ1) is 14.2. The highest BCUT2D eigenvalue weighted by Gasteiger charge is 2.20. The summed E-state index contributed by atoms with van der Waals surface area (Å²) in [5.41, 5.74) is 5.93. The second kappa shape index (κ2) is 8.19. The third-order valence-electron chi connectivity index (χ3n) is 5.40. The molecule has 6 nitrogen and oxygen atoms in total. The van der Waals surface area contributed by atoms with Crippen molar-refractivity contribution in [2.45, 2.75) is 31.7 Å². The van der Waals surface area contributed by atoms with E-state index in [-0.39, 0.29) is 6.04 Å². The van der Waals surface area contributed by atoms with Crippen LogP contribution in [-0.2, 0) is 11.2 Å². The Morgan fingerprint density at radius 3 is 3.03 bits per heavy atom. The molecule has 146 valence electrons. The normalized spacial score (nSPS) is 16.6. The molecule has 1 aliphatic rings. The van der Waals surface area contributed by atoms with Crippen LogP contribution in [0.15, 0.2) is 47.6 Å². The van der Waals surface area contributed by atoms with Crippen LogP contribution in [-0.4, -0.2) is 24.0 Å². The number of aliphatic imine (C=N–C) groups is 1. The maximum atomic E-state index is 9.22. The lowest BCUT2D eigenvalue weighted by Crippen LogP contribution is -2.11. The van der Waals surface area contributed by atoms with E-state index in [0.717, 1.165) is 47.8 Å². The third kappa shape index (κ3) is 3.72. The molecule has 1 aromatic heterocycles. The fraction of sp³-hybridized carbons (Fsp3) is 0.261. The minimum atomic E-state index is 0.209. The van der Waals surface area contributed by atoms with Gasteiger partial charge in [0, 0.05) is 11.1 Å². The van der Waals surface area contributed by atoms with Gasteiger partial charge < -0.3 is 10.1 Å². The van der Waals surface area contributed by atoms with Crippen LogP contribution in [0, 0.1) is 11.3 Å². The summed E-state index contributed by atoms with van der Waals surface area (Å²) in [4.78, 5) is 3.81. The summed E-state index contributed by atoms with van der Waals surface area (Å²) in [5, 5.41) is 21.3. The Bertz CT molecular complexity index is 1120. The van der Waals surface area contributed by atoms with Crippen molar-refractivity contribution in [2.75, 3.05) is 12.4 Å². The van der Waals surface area contributed by atoms with Crippen molar-refractivity contribution in [1.82, 2.24) is 10.2 Å². The SMILES string of the molecule is C=N/C=C(\OC)c1n[nH]c2ccc(N[C@H]3CCCCc4cc(C#N)ccc43)cc12. The van der Waals surface area contributed by atoms with Gasteiger partial charge in [-0.2, -0.15) is 10.4 Å². The zero-order valence-corrected chi connectivity index (χ0v) is 16.4. The van der Waals surface area contributed by atoms with Crippen molar-refractivity contribution in [3.8, 4) is 6.07 Å². The molecule has 3 aromatic rings. The number of aromatic nitrogens is 2. The minimum Gasteiger partial charge on any atom is -0.493 e. The molecule has 2 N–H and O–H groups in total. The Hall–Kier alpha value is -3.59. The van der Waals surface area contributed by atoms with E-state index >= 15 is 0 Å². The first kappa shape index (κ1) is 18.8. The molecular weight excluding hydrogens is 362 g/mol. The van der Waals surface area contributed by atoms with Crippen LogP contribution in [0.1, 0.15) is 47.7 Å². The second-order valence-electron chi connectivity index (χ2n) is 7.18. The van der Waals surface area contributed by atoms with E-state index in [1.165, 1.54) is 11.1 Å². The molecule has 0 fully saturated rings. The largest absolute Gasteiger partial charge is 0.493 e. The Morgan fingerprint density at radius 2 is 2.24 bits per heavy atom. The molecule has 29 heavy (non-hydrogen) atoms. The average molecular weight is 385 g/mol. The van der Waals surface area contributed by atoms with Crippen LogP contribution < -0.4 is 5.32 Å². The number of H-pyrrole nitrogens is 1. The number of fused-ring (bicyclic) bond motifs is 2. The van der Waals surface area contributed by atoms with Crippen molar-refractivity contribution in [1.29, 1.82) is 5.26 Å². The summed E-state index contributed by atoms with van der Waals surface area (Å²) < 4.78 is 5.42. The van der Waals surface area contributed by atoms with Gasteiger partial charge in [0.2, 0.25) is 0 Å². The average Bonchev–Trinajstić information content (AvgIpc) is 3.06. The number of aryl methyl sites for hydroxylation is 1. The van der Waals surface area contributed by atoms with Gasteiger partial charge >= 0.3 is 0 Å². The van der Waals surface area contributed by atoms with Crippen LogP contribution >= 0.6 is 0 Å². The fourth-order valence-corrected chi connectivity index (χ4v) is 3.99. The number of nitriles is 1. The number of methoxy groups -OCH3 is 1. The van der Waals surface area contributed by atoms with Gasteiger partial charge in [0.1, 0.15) is 5.69 Å². The standard InChI is InChI=1S/C23H23N5O/c1-25-14-22(29-2)23-19-12-17(8-10-21(19)27-28-23)26-20-6-4-3-5-16-11-15(13-24)7-9-18(16)20/h7-12,14,20,26H,1,3-6H2,2H3,(H,27,28)/b22-14-/t20-/m0/s1. The highest BCUT2D eigenvalue weighted by Crippen LogP contribution is 2.33. The van der Waals surface area contributed by atoms with Gasteiger partial charge in [-0.3, -0.25) is 10.1 Å². The molecule has 4 rings (SSSR count). The number of aromatic amines is 1. The maximum Gasteiger partial charge on any atom is 0.165 e. The van der Waals surface area contributed by atoms with Gasteiger partial charge in [0.05, 0.1) is 36.5 Å². The molecule has 1 heterocycles. The predicted molar refractivity (Wildman–Crippen MR) is 116 cm³/mol. The fourth-order valence-electron chi connectivity index (χ4n) is 3.99. The van der Waals surface area contributed by atoms with Crippen molar-refractivity contribution >= 4 is 29.1 Å². The number of benzene rings is 2. The van der Waals surface area contributed by atoms with Crippen molar-refractivity contribution in [3.05, 3.63) is 65.0 Å². The van der Waals surface area contributed by atoms with Gasteiger partial charge in [0.25, 0.3) is 0 Å². The van der Waals surface area contributed by atoms with Crippen LogP contribution in [0.2, 0.25) is 0 Å². The lowest BCUT2D eigenvalue weighted by atomic mass is 9.96. The van der Waals surface area contributed by atoms with Crippen molar-refractivity contribution in [2.24, 2.45) is 4.99 Å². The molecule has 0 unspecified atom stereocenters. The molecule has 0 spiro atoms. The van der Waals surface area contributed by atoms with Crippen LogP contribution in [0.25, 0.3) is 16.7 Å². The first-order valence-corrected chi connectivity index (χ1v) is 9.71. The number of nitrogens with one attached hydrogen (secondary N) is 2. The molecule has 1 aliphatic carbocycles. The highest BCUT2D eigenvalue weighted by atomic mass is 16.5. The summed E-state index contributed by atoms with van der Waals surface area (Å²) in [7, 11) is 1.59. The molecular formula is C23H23N5O. The molecule has 2 aromatic carbocycles. The lowest BCUT2D eigenvalue weighted by molar-refractivity contribution is 0.368. The van der Waals surface area contributed by atoms with Crippen molar-refractivity contribution < 1.29 is 4.74 Å². The Kier molecular flexibility index (Phi) is 5.30. The van der Waals surface area contributed by atoms with Gasteiger partial charge in [0.15, 0.2) is 5.76 Å².